The molecular weight excluding hydrogens is 188 g/mol. The first-order chi connectivity index (χ1) is 4.75. The number of aromatic nitrogens is 1. The molecule has 0 amide bonds. The van der Waals surface area contributed by atoms with E-state index in [0.29, 0.717) is 3.95 Å². The molecule has 0 saturated heterocycles. The molecule has 0 bridgehead atoms. The van der Waals surface area contributed by atoms with Crippen molar-refractivity contribution in [2.45, 2.75) is 0 Å². The Balaban J connectivity index is 3.36. The predicted molar refractivity (Wildman–Crippen MR) is 45.2 cm³/mol. The molecule has 6 heteroatoms. The van der Waals surface area contributed by atoms with Crippen molar-refractivity contribution in [3.63, 3.8) is 0 Å². The van der Waals surface area contributed by atoms with Crippen LogP contribution in [0.3, 0.4) is 0 Å². The lowest BCUT2D eigenvalue weighted by Gasteiger charge is -1.88. The van der Waals surface area contributed by atoms with E-state index >= 15 is 0 Å². The van der Waals surface area contributed by atoms with Crippen LogP contribution in [-0.4, -0.2) is 14.9 Å². The van der Waals surface area contributed by atoms with E-state index in [0.717, 1.165) is 4.68 Å². The second-order valence-corrected chi connectivity index (χ2v) is 3.05. The van der Waals surface area contributed by atoms with Crippen LogP contribution in [0.5, 0.6) is 5.88 Å². The van der Waals surface area contributed by atoms with E-state index in [1.54, 1.807) is 0 Å². The Kier molecular flexibility index (Phi) is 2.29. The fourth-order valence-electron chi connectivity index (χ4n) is 0.429. The molecule has 0 radical (unpaired) electrons. The molecule has 1 heterocycles. The number of thiocarbonyl (C=S) groups is 1. The van der Waals surface area contributed by atoms with Gasteiger partial charge in [0, 0.05) is 0 Å². The zero-order valence-corrected chi connectivity index (χ0v) is 7.09. The average Bonchev–Trinajstić information content (AvgIpc) is 2.20. The Hall–Kier alpha value is -0.550. The second-order valence-electron chi connectivity index (χ2n) is 1.36. The maximum atomic E-state index is 8.99. The smallest absolute Gasteiger partial charge is 0.225 e. The van der Waals surface area contributed by atoms with Gasteiger partial charge in [0.2, 0.25) is 5.88 Å². The monoisotopic (exact) mass is 190 g/mol. The van der Waals surface area contributed by atoms with E-state index in [9.17, 15) is 0 Å². The van der Waals surface area contributed by atoms with Crippen LogP contribution < -0.4 is 0 Å². The molecule has 0 atom stereocenters. The zero-order valence-electron chi connectivity index (χ0n) is 4.64. The van der Waals surface area contributed by atoms with E-state index in [1.807, 2.05) is 0 Å². The highest BCUT2D eigenvalue weighted by atomic mass is 32.1. The van der Waals surface area contributed by atoms with Crippen molar-refractivity contribution in [1.29, 1.82) is 0 Å². The fraction of sp³-hybridized carbons (Fsp3) is 0. The van der Waals surface area contributed by atoms with E-state index in [2.05, 4.69) is 22.5 Å². The van der Waals surface area contributed by atoms with Crippen molar-refractivity contribution in [1.82, 2.24) is 4.68 Å². The van der Waals surface area contributed by atoms with Crippen LogP contribution in [0.2, 0.25) is 0 Å². The van der Waals surface area contributed by atoms with Crippen molar-refractivity contribution >= 4 is 40.9 Å². The Morgan fingerprint density at radius 3 is 2.90 bits per heavy atom. The predicted octanol–water partition coefficient (Wildman–Crippen LogP) is 1.85. The third kappa shape index (κ3) is 1.30. The fourth-order valence-corrected chi connectivity index (χ4v) is 1.33. The molecular formula is C4H2N2OS3. The number of thiazole rings is 1. The number of hydrogen-bond donors (Lipinski definition) is 1. The molecule has 0 spiro atoms. The van der Waals surface area contributed by atoms with Crippen LogP contribution in [0, 0.1) is 3.95 Å². The van der Waals surface area contributed by atoms with Gasteiger partial charge in [-0.1, -0.05) is 0 Å². The van der Waals surface area contributed by atoms with Gasteiger partial charge < -0.3 is 5.11 Å². The van der Waals surface area contributed by atoms with Crippen LogP contribution in [-0.2, 0) is 0 Å². The van der Waals surface area contributed by atoms with Crippen LogP contribution in [0.4, 0.5) is 0 Å². The SMILES string of the molecule is Oc1csc(=S)n1N=C=S. The minimum atomic E-state index is -0.00708. The third-order valence-electron chi connectivity index (χ3n) is 0.796. The summed E-state index contributed by atoms with van der Waals surface area (Å²) in [4.78, 5) is 0. The molecule has 0 unspecified atom stereocenters. The number of aromatic hydroxyl groups is 1. The minimum Gasteiger partial charge on any atom is -0.493 e. The molecule has 3 nitrogen and oxygen atoms in total. The molecule has 0 aromatic carbocycles. The van der Waals surface area contributed by atoms with Crippen LogP contribution in [0.1, 0.15) is 0 Å². The summed E-state index contributed by atoms with van der Waals surface area (Å²) in [5.74, 6) is -0.00708. The molecule has 52 valence electrons. The molecule has 0 aliphatic carbocycles. The van der Waals surface area contributed by atoms with Gasteiger partial charge in [0.15, 0.2) is 3.95 Å². The molecule has 1 rings (SSSR count). The maximum Gasteiger partial charge on any atom is 0.225 e. The van der Waals surface area contributed by atoms with Gasteiger partial charge in [0.05, 0.1) is 10.5 Å². The number of isothiocyanates is 1. The third-order valence-corrected chi connectivity index (χ3v) is 2.04. The molecule has 1 aromatic rings. The standard InChI is InChI=1S/C4H2N2OS3/c7-3-1-10-4(9)6(3)5-2-8/h1,7H. The van der Waals surface area contributed by atoms with Gasteiger partial charge in [-0.05, 0) is 24.4 Å². The first kappa shape index (κ1) is 7.56. The highest BCUT2D eigenvalue weighted by Gasteiger charge is 1.97. The average molecular weight is 190 g/mol. The first-order valence-corrected chi connectivity index (χ1v) is 3.93. The highest BCUT2D eigenvalue weighted by Crippen LogP contribution is 2.15. The van der Waals surface area contributed by atoms with Gasteiger partial charge in [0.1, 0.15) is 0 Å². The molecule has 0 fully saturated rings. The zero-order chi connectivity index (χ0) is 7.56. The summed E-state index contributed by atoms with van der Waals surface area (Å²) >= 11 is 10.3. The lowest BCUT2D eigenvalue weighted by atomic mass is 10.9. The summed E-state index contributed by atoms with van der Waals surface area (Å²) in [6.45, 7) is 0. The maximum absolute atomic E-state index is 8.99. The Morgan fingerprint density at radius 2 is 2.50 bits per heavy atom. The lowest BCUT2D eigenvalue weighted by Crippen LogP contribution is -1.83. The van der Waals surface area contributed by atoms with Crippen molar-refractivity contribution in [3.05, 3.63) is 9.33 Å². The number of rotatable bonds is 1. The number of hydrogen-bond acceptors (Lipinski definition) is 5. The summed E-state index contributed by atoms with van der Waals surface area (Å²) < 4.78 is 1.60. The summed E-state index contributed by atoms with van der Waals surface area (Å²) in [5.41, 5.74) is 0. The molecule has 10 heavy (non-hydrogen) atoms. The minimum absolute atomic E-state index is 0.00708. The number of nitrogens with zero attached hydrogens (tertiary/aromatic N) is 2. The van der Waals surface area contributed by atoms with Crippen LogP contribution in [0.25, 0.3) is 0 Å². The van der Waals surface area contributed by atoms with Gasteiger partial charge in [-0.25, -0.2) is 0 Å². The summed E-state index contributed by atoms with van der Waals surface area (Å²) in [7, 11) is 0. The van der Waals surface area contributed by atoms with Crippen LogP contribution in [0.15, 0.2) is 10.5 Å². The molecule has 0 saturated carbocycles. The van der Waals surface area contributed by atoms with Gasteiger partial charge >= 0.3 is 0 Å². The molecule has 0 aliphatic heterocycles. The van der Waals surface area contributed by atoms with Gasteiger partial charge in [-0.3, -0.25) is 0 Å². The van der Waals surface area contributed by atoms with Gasteiger partial charge in [0.25, 0.3) is 0 Å². The Morgan fingerprint density at radius 1 is 1.80 bits per heavy atom. The quantitative estimate of drug-likeness (QED) is 0.542. The first-order valence-electron chi connectivity index (χ1n) is 2.23. The summed E-state index contributed by atoms with van der Waals surface area (Å²) in [6, 6.07) is 0. The topological polar surface area (TPSA) is 37.5 Å². The van der Waals surface area contributed by atoms with Gasteiger partial charge in [-0.15, -0.1) is 16.4 Å². The normalized spacial score (nSPS) is 8.80. The largest absolute Gasteiger partial charge is 0.493 e. The molecule has 1 N–H and O–H groups in total. The highest BCUT2D eigenvalue weighted by molar-refractivity contribution is 7.78. The van der Waals surface area contributed by atoms with Crippen molar-refractivity contribution < 1.29 is 5.11 Å². The lowest BCUT2D eigenvalue weighted by molar-refractivity contribution is 0.429. The van der Waals surface area contributed by atoms with Gasteiger partial charge in [-0.2, -0.15) is 4.68 Å². The van der Waals surface area contributed by atoms with Crippen molar-refractivity contribution in [2.75, 3.05) is 0 Å². The Bertz CT molecular complexity index is 333. The van der Waals surface area contributed by atoms with Crippen molar-refractivity contribution in [3.8, 4) is 5.88 Å². The summed E-state index contributed by atoms with van der Waals surface area (Å²) in [5, 5.41) is 16.1. The van der Waals surface area contributed by atoms with Crippen LogP contribution >= 0.6 is 35.8 Å². The molecule has 1 aromatic heterocycles. The van der Waals surface area contributed by atoms with E-state index in [1.165, 1.54) is 16.7 Å². The second kappa shape index (κ2) is 3.03. The van der Waals surface area contributed by atoms with E-state index in [4.69, 9.17) is 17.3 Å². The van der Waals surface area contributed by atoms with E-state index < -0.39 is 0 Å². The summed E-state index contributed by atoms with van der Waals surface area (Å²) in [6.07, 6.45) is 0. The van der Waals surface area contributed by atoms with Crippen molar-refractivity contribution in [2.24, 2.45) is 5.10 Å². The Labute approximate surface area is 71.2 Å². The van der Waals surface area contributed by atoms with E-state index in [-0.39, 0.29) is 5.88 Å². The molecule has 0 aliphatic rings.